The van der Waals surface area contributed by atoms with Crippen LogP contribution in [0.5, 0.6) is 0 Å². The molecule has 3 aromatic rings. The van der Waals surface area contributed by atoms with Crippen molar-refractivity contribution in [3.05, 3.63) is 117 Å². The Hall–Kier alpha value is -3.04. The Morgan fingerprint density at radius 3 is 2.28 bits per heavy atom. The van der Waals surface area contributed by atoms with Crippen LogP contribution in [0.25, 0.3) is 23.3 Å². The first-order chi connectivity index (χ1) is 17.2. The van der Waals surface area contributed by atoms with Crippen molar-refractivity contribution in [1.29, 1.82) is 0 Å². The summed E-state index contributed by atoms with van der Waals surface area (Å²) in [5.74, 6) is 0.345. The summed E-state index contributed by atoms with van der Waals surface area (Å²) in [6, 6.07) is 20.4. The van der Waals surface area contributed by atoms with Gasteiger partial charge in [-0.3, -0.25) is 0 Å². The number of benzene rings is 3. The van der Waals surface area contributed by atoms with Crippen LogP contribution < -0.4 is 0 Å². The molecule has 0 bridgehead atoms. The zero-order valence-electron chi connectivity index (χ0n) is 21.0. The highest BCUT2D eigenvalue weighted by Gasteiger charge is 2.36. The summed E-state index contributed by atoms with van der Waals surface area (Å²) >= 11 is 6.03. The SMILES string of the molecule is C/C=C/c1ccc(/C(C2=Cc3ccccc3[C@@H](C)C2C)=C(/CC)c2ccc(Cl)cc2C(F)(F)F)cc1. The number of hydrogen-bond acceptors (Lipinski definition) is 0. The fourth-order valence-electron chi connectivity index (χ4n) is 5.18. The van der Waals surface area contributed by atoms with Gasteiger partial charge in [-0.15, -0.1) is 0 Å². The number of halogens is 4. The Kier molecular flexibility index (Phi) is 7.61. The molecule has 1 unspecified atom stereocenters. The van der Waals surface area contributed by atoms with E-state index in [9.17, 15) is 13.2 Å². The molecule has 186 valence electrons. The summed E-state index contributed by atoms with van der Waals surface area (Å²) in [5.41, 5.74) is 6.40. The third kappa shape index (κ3) is 5.08. The summed E-state index contributed by atoms with van der Waals surface area (Å²) < 4.78 is 42.6. The number of alkyl halides is 3. The van der Waals surface area contributed by atoms with Crippen LogP contribution >= 0.6 is 11.6 Å². The molecule has 0 aromatic heterocycles. The Balaban J connectivity index is 2.06. The van der Waals surface area contributed by atoms with Crippen LogP contribution in [0.2, 0.25) is 5.02 Å². The molecule has 0 fully saturated rings. The van der Waals surface area contributed by atoms with Crippen molar-refractivity contribution in [3.63, 3.8) is 0 Å². The van der Waals surface area contributed by atoms with Gasteiger partial charge in [0.25, 0.3) is 0 Å². The quantitative estimate of drug-likeness (QED) is 0.302. The molecule has 2 atom stereocenters. The van der Waals surface area contributed by atoms with E-state index in [0.717, 1.165) is 33.9 Å². The zero-order chi connectivity index (χ0) is 26.0. The molecule has 1 aliphatic carbocycles. The maximum atomic E-state index is 14.2. The summed E-state index contributed by atoms with van der Waals surface area (Å²) in [7, 11) is 0. The van der Waals surface area contributed by atoms with Gasteiger partial charge in [-0.1, -0.05) is 105 Å². The van der Waals surface area contributed by atoms with Crippen molar-refractivity contribution >= 4 is 34.9 Å². The minimum Gasteiger partial charge on any atom is -0.166 e. The largest absolute Gasteiger partial charge is 0.417 e. The van der Waals surface area contributed by atoms with Crippen molar-refractivity contribution in [1.82, 2.24) is 0 Å². The monoisotopic (exact) mass is 506 g/mol. The highest BCUT2D eigenvalue weighted by molar-refractivity contribution is 6.30. The predicted molar refractivity (Wildman–Crippen MR) is 147 cm³/mol. The Bertz CT molecular complexity index is 1340. The standard InChI is InChI=1S/C32H30ClF3/c1-5-9-22-12-14-23(15-13-22)31(29-18-24-10-7-8-11-27(24)20(3)21(29)4)26(6-2)28-17-16-25(33)19-30(28)32(34,35)36/h5,7-21H,6H2,1-4H3/b9-5+,31-26+/t20-,21?/m0/s1. The van der Waals surface area contributed by atoms with Crippen LogP contribution in [0.1, 0.15) is 73.4 Å². The Labute approximate surface area is 216 Å². The molecule has 0 aliphatic heterocycles. The lowest BCUT2D eigenvalue weighted by molar-refractivity contribution is -0.137. The van der Waals surface area contributed by atoms with Crippen LogP contribution in [0.3, 0.4) is 0 Å². The molecule has 0 amide bonds. The van der Waals surface area contributed by atoms with Crippen LogP contribution in [0.15, 0.2) is 78.4 Å². The smallest absolute Gasteiger partial charge is 0.166 e. The van der Waals surface area contributed by atoms with Gasteiger partial charge in [0.2, 0.25) is 0 Å². The molecule has 0 saturated carbocycles. The number of allylic oxidation sites excluding steroid dienone is 4. The Morgan fingerprint density at radius 2 is 1.64 bits per heavy atom. The van der Waals surface area contributed by atoms with Crippen molar-refractivity contribution in [3.8, 4) is 0 Å². The summed E-state index contributed by atoms with van der Waals surface area (Å²) in [6.07, 6.45) is 2.06. The van der Waals surface area contributed by atoms with Gasteiger partial charge in [0.15, 0.2) is 0 Å². The average molecular weight is 507 g/mol. The van der Waals surface area contributed by atoms with Gasteiger partial charge in [0.1, 0.15) is 0 Å². The van der Waals surface area contributed by atoms with Crippen molar-refractivity contribution < 1.29 is 13.2 Å². The minimum absolute atomic E-state index is 0.0755. The van der Waals surface area contributed by atoms with Gasteiger partial charge in [0, 0.05) is 5.02 Å². The number of fused-ring (bicyclic) bond motifs is 1. The van der Waals surface area contributed by atoms with Crippen LogP contribution in [0.4, 0.5) is 13.2 Å². The second-order valence-electron chi connectivity index (χ2n) is 9.32. The highest BCUT2D eigenvalue weighted by Crippen LogP contribution is 2.48. The van der Waals surface area contributed by atoms with Gasteiger partial charge in [-0.05, 0) is 81.8 Å². The van der Waals surface area contributed by atoms with Gasteiger partial charge < -0.3 is 0 Å². The average Bonchev–Trinajstić information content (AvgIpc) is 2.85. The van der Waals surface area contributed by atoms with E-state index in [4.69, 9.17) is 11.6 Å². The van der Waals surface area contributed by atoms with Crippen LogP contribution in [-0.4, -0.2) is 0 Å². The molecular weight excluding hydrogens is 477 g/mol. The van der Waals surface area contributed by atoms with Gasteiger partial charge in [-0.25, -0.2) is 0 Å². The van der Waals surface area contributed by atoms with E-state index in [1.54, 1.807) is 6.07 Å². The van der Waals surface area contributed by atoms with E-state index in [1.807, 2.05) is 62.4 Å². The lowest BCUT2D eigenvalue weighted by atomic mass is 9.71. The van der Waals surface area contributed by atoms with Crippen molar-refractivity contribution in [2.24, 2.45) is 5.92 Å². The molecule has 0 N–H and O–H groups in total. The summed E-state index contributed by atoms with van der Waals surface area (Å²) in [5, 5.41) is 0.0755. The van der Waals surface area contributed by atoms with Gasteiger partial charge >= 0.3 is 6.18 Å². The second kappa shape index (κ2) is 10.5. The molecular formula is C32H30ClF3. The first kappa shape index (κ1) is 26.0. The van der Waals surface area contributed by atoms with Crippen LogP contribution in [-0.2, 0) is 6.18 Å². The maximum Gasteiger partial charge on any atom is 0.417 e. The second-order valence-corrected chi connectivity index (χ2v) is 9.76. The molecule has 0 nitrogen and oxygen atoms in total. The van der Waals surface area contributed by atoms with E-state index in [0.29, 0.717) is 12.0 Å². The lowest BCUT2D eigenvalue weighted by Crippen LogP contribution is -2.17. The molecule has 0 radical (unpaired) electrons. The van der Waals surface area contributed by atoms with E-state index in [2.05, 4.69) is 32.1 Å². The molecule has 4 rings (SSSR count). The molecule has 0 saturated heterocycles. The fourth-order valence-corrected chi connectivity index (χ4v) is 5.35. The molecule has 0 heterocycles. The third-order valence-corrected chi connectivity index (χ3v) is 7.39. The van der Waals surface area contributed by atoms with Gasteiger partial charge in [-0.2, -0.15) is 13.2 Å². The molecule has 4 heteroatoms. The topological polar surface area (TPSA) is 0 Å². The lowest BCUT2D eigenvalue weighted by Gasteiger charge is -2.33. The molecule has 36 heavy (non-hydrogen) atoms. The van der Waals surface area contributed by atoms with E-state index < -0.39 is 11.7 Å². The molecule has 0 spiro atoms. The van der Waals surface area contributed by atoms with Crippen molar-refractivity contribution in [2.45, 2.75) is 46.2 Å². The Morgan fingerprint density at radius 1 is 0.944 bits per heavy atom. The number of rotatable bonds is 5. The van der Waals surface area contributed by atoms with E-state index in [1.165, 1.54) is 11.6 Å². The maximum absolute atomic E-state index is 14.2. The van der Waals surface area contributed by atoms with Crippen molar-refractivity contribution in [2.75, 3.05) is 0 Å². The minimum atomic E-state index is -4.52. The fraction of sp³-hybridized carbons (Fsp3) is 0.250. The summed E-state index contributed by atoms with van der Waals surface area (Å²) in [6.45, 7) is 8.24. The van der Waals surface area contributed by atoms with Crippen LogP contribution in [0, 0.1) is 5.92 Å². The zero-order valence-corrected chi connectivity index (χ0v) is 21.7. The van der Waals surface area contributed by atoms with Gasteiger partial charge in [0.05, 0.1) is 5.56 Å². The number of hydrogen-bond donors (Lipinski definition) is 0. The highest BCUT2D eigenvalue weighted by atomic mass is 35.5. The van der Waals surface area contributed by atoms with E-state index in [-0.39, 0.29) is 22.4 Å². The third-order valence-electron chi connectivity index (χ3n) is 7.15. The predicted octanol–water partition coefficient (Wildman–Crippen LogP) is 10.5. The normalized spacial score (nSPS) is 18.6. The van der Waals surface area contributed by atoms with E-state index >= 15 is 0 Å². The molecule has 1 aliphatic rings. The molecule has 3 aromatic carbocycles. The first-order valence-electron chi connectivity index (χ1n) is 12.3. The summed E-state index contributed by atoms with van der Waals surface area (Å²) in [4.78, 5) is 0. The first-order valence-corrected chi connectivity index (χ1v) is 12.7.